The third-order valence-corrected chi connectivity index (χ3v) is 4.97. The standard InChI is InChI=1S/C13H23NO2S/c15-12(9-11-3-1-2-4-11)14-10-13(16)5-7-17-8-6-13/h11,16H,1-10H2,(H,14,15). The SMILES string of the molecule is O=C(CC1CCCC1)NCC1(O)CCSCC1. The first kappa shape index (κ1) is 13.2. The zero-order valence-electron chi connectivity index (χ0n) is 10.4. The summed E-state index contributed by atoms with van der Waals surface area (Å²) in [6.07, 6.45) is 7.23. The molecule has 0 spiro atoms. The topological polar surface area (TPSA) is 49.3 Å². The Morgan fingerprint density at radius 3 is 2.59 bits per heavy atom. The minimum absolute atomic E-state index is 0.128. The van der Waals surface area contributed by atoms with Gasteiger partial charge in [0.1, 0.15) is 0 Å². The lowest BCUT2D eigenvalue weighted by atomic mass is 9.96. The highest BCUT2D eigenvalue weighted by atomic mass is 32.2. The van der Waals surface area contributed by atoms with Gasteiger partial charge in [0.2, 0.25) is 5.91 Å². The molecule has 1 aliphatic heterocycles. The van der Waals surface area contributed by atoms with E-state index in [0.29, 0.717) is 18.9 Å². The zero-order valence-corrected chi connectivity index (χ0v) is 11.2. The van der Waals surface area contributed by atoms with Gasteiger partial charge in [-0.25, -0.2) is 0 Å². The fourth-order valence-electron chi connectivity index (χ4n) is 2.74. The van der Waals surface area contributed by atoms with E-state index in [1.165, 1.54) is 25.7 Å². The lowest BCUT2D eigenvalue weighted by Gasteiger charge is -2.31. The van der Waals surface area contributed by atoms with Crippen LogP contribution in [-0.4, -0.2) is 34.7 Å². The van der Waals surface area contributed by atoms with Crippen LogP contribution in [0, 0.1) is 5.92 Å². The van der Waals surface area contributed by atoms with Crippen molar-refractivity contribution in [1.29, 1.82) is 0 Å². The van der Waals surface area contributed by atoms with Crippen LogP contribution in [-0.2, 0) is 4.79 Å². The minimum Gasteiger partial charge on any atom is -0.388 e. The van der Waals surface area contributed by atoms with Crippen LogP contribution in [0.4, 0.5) is 0 Å². The van der Waals surface area contributed by atoms with E-state index in [2.05, 4.69) is 5.32 Å². The summed E-state index contributed by atoms with van der Waals surface area (Å²) >= 11 is 1.88. The lowest BCUT2D eigenvalue weighted by Crippen LogP contribution is -2.45. The number of rotatable bonds is 4. The van der Waals surface area contributed by atoms with Gasteiger partial charge in [-0.3, -0.25) is 4.79 Å². The third-order valence-electron chi connectivity index (χ3n) is 3.99. The monoisotopic (exact) mass is 257 g/mol. The summed E-state index contributed by atoms with van der Waals surface area (Å²) in [7, 11) is 0. The van der Waals surface area contributed by atoms with Crippen LogP contribution in [0.2, 0.25) is 0 Å². The van der Waals surface area contributed by atoms with Crippen molar-refractivity contribution in [3.8, 4) is 0 Å². The summed E-state index contributed by atoms with van der Waals surface area (Å²) in [5, 5.41) is 13.2. The van der Waals surface area contributed by atoms with E-state index < -0.39 is 5.60 Å². The van der Waals surface area contributed by atoms with E-state index in [1.807, 2.05) is 11.8 Å². The first-order chi connectivity index (χ1) is 8.18. The number of amides is 1. The number of carbonyl (C=O) groups is 1. The molecule has 0 bridgehead atoms. The highest BCUT2D eigenvalue weighted by Crippen LogP contribution is 2.28. The molecule has 1 aliphatic carbocycles. The predicted octanol–water partition coefficient (Wildman–Crippen LogP) is 1.94. The molecule has 2 N–H and O–H groups in total. The quantitative estimate of drug-likeness (QED) is 0.809. The molecule has 1 saturated heterocycles. The first-order valence-electron chi connectivity index (χ1n) is 6.75. The molecule has 98 valence electrons. The first-order valence-corrected chi connectivity index (χ1v) is 7.90. The van der Waals surface area contributed by atoms with E-state index in [1.54, 1.807) is 0 Å². The van der Waals surface area contributed by atoms with E-state index in [0.717, 1.165) is 24.3 Å². The number of carbonyl (C=O) groups excluding carboxylic acids is 1. The molecule has 0 atom stereocenters. The number of hydrogen-bond acceptors (Lipinski definition) is 3. The van der Waals surface area contributed by atoms with Gasteiger partial charge in [0.25, 0.3) is 0 Å². The van der Waals surface area contributed by atoms with Crippen molar-refractivity contribution < 1.29 is 9.90 Å². The van der Waals surface area contributed by atoms with Gasteiger partial charge in [-0.2, -0.15) is 11.8 Å². The van der Waals surface area contributed by atoms with Gasteiger partial charge in [0.05, 0.1) is 5.60 Å². The fourth-order valence-corrected chi connectivity index (χ4v) is 3.99. The number of thioether (sulfide) groups is 1. The summed E-state index contributed by atoms with van der Waals surface area (Å²) in [6.45, 7) is 0.444. The Morgan fingerprint density at radius 1 is 1.29 bits per heavy atom. The molecule has 4 heteroatoms. The van der Waals surface area contributed by atoms with Gasteiger partial charge < -0.3 is 10.4 Å². The van der Waals surface area contributed by atoms with Crippen LogP contribution in [0.3, 0.4) is 0 Å². The molecular formula is C13H23NO2S. The van der Waals surface area contributed by atoms with E-state index in [9.17, 15) is 9.90 Å². The van der Waals surface area contributed by atoms with Gasteiger partial charge in [0.15, 0.2) is 0 Å². The Bertz CT molecular complexity index is 258. The average molecular weight is 257 g/mol. The summed E-state index contributed by atoms with van der Waals surface area (Å²) in [5.74, 6) is 2.74. The van der Waals surface area contributed by atoms with Gasteiger partial charge >= 0.3 is 0 Å². The predicted molar refractivity (Wildman–Crippen MR) is 71.1 cm³/mol. The van der Waals surface area contributed by atoms with Crippen LogP contribution in [0.1, 0.15) is 44.9 Å². The maximum Gasteiger partial charge on any atom is 0.220 e. The van der Waals surface area contributed by atoms with Crippen molar-refractivity contribution in [2.75, 3.05) is 18.1 Å². The molecule has 2 rings (SSSR count). The molecular weight excluding hydrogens is 234 g/mol. The van der Waals surface area contributed by atoms with Gasteiger partial charge in [-0.15, -0.1) is 0 Å². The molecule has 0 aromatic rings. The average Bonchev–Trinajstić information content (AvgIpc) is 2.80. The second-order valence-electron chi connectivity index (χ2n) is 5.47. The molecule has 2 aliphatic rings. The molecule has 0 unspecified atom stereocenters. The van der Waals surface area contributed by atoms with Gasteiger partial charge in [-0.1, -0.05) is 12.8 Å². The minimum atomic E-state index is -0.642. The number of nitrogens with one attached hydrogen (secondary N) is 1. The van der Waals surface area contributed by atoms with Crippen molar-refractivity contribution in [1.82, 2.24) is 5.32 Å². The summed E-state index contributed by atoms with van der Waals surface area (Å²) < 4.78 is 0. The molecule has 3 nitrogen and oxygen atoms in total. The Balaban J connectivity index is 1.67. The summed E-state index contributed by atoms with van der Waals surface area (Å²) in [5.41, 5.74) is -0.642. The highest BCUT2D eigenvalue weighted by Gasteiger charge is 2.30. The molecule has 0 radical (unpaired) electrons. The van der Waals surface area contributed by atoms with E-state index >= 15 is 0 Å². The molecule has 1 heterocycles. The van der Waals surface area contributed by atoms with Gasteiger partial charge in [0, 0.05) is 13.0 Å². The Morgan fingerprint density at radius 2 is 1.94 bits per heavy atom. The van der Waals surface area contributed by atoms with Crippen molar-refractivity contribution in [3.05, 3.63) is 0 Å². The van der Waals surface area contributed by atoms with Crippen molar-refractivity contribution in [2.24, 2.45) is 5.92 Å². The van der Waals surface area contributed by atoms with Crippen LogP contribution in [0.25, 0.3) is 0 Å². The zero-order chi connectivity index (χ0) is 12.1. The van der Waals surface area contributed by atoms with Crippen molar-refractivity contribution in [3.63, 3.8) is 0 Å². The van der Waals surface area contributed by atoms with Crippen molar-refractivity contribution in [2.45, 2.75) is 50.5 Å². The largest absolute Gasteiger partial charge is 0.388 e. The molecule has 0 aromatic carbocycles. The van der Waals surface area contributed by atoms with Crippen LogP contribution < -0.4 is 5.32 Å². The highest BCUT2D eigenvalue weighted by molar-refractivity contribution is 7.99. The number of hydrogen-bond donors (Lipinski definition) is 2. The molecule has 1 saturated carbocycles. The maximum absolute atomic E-state index is 11.8. The molecule has 17 heavy (non-hydrogen) atoms. The normalized spacial score (nSPS) is 24.8. The van der Waals surface area contributed by atoms with E-state index in [4.69, 9.17) is 0 Å². The molecule has 0 aromatic heterocycles. The Kier molecular flexibility index (Phi) is 4.74. The molecule has 2 fully saturated rings. The lowest BCUT2D eigenvalue weighted by molar-refractivity contribution is -0.123. The fraction of sp³-hybridized carbons (Fsp3) is 0.923. The Hall–Kier alpha value is -0.220. The molecule has 1 amide bonds. The van der Waals surface area contributed by atoms with Crippen molar-refractivity contribution >= 4 is 17.7 Å². The summed E-state index contributed by atoms with van der Waals surface area (Å²) in [4.78, 5) is 11.8. The van der Waals surface area contributed by atoms with Crippen LogP contribution in [0.15, 0.2) is 0 Å². The second kappa shape index (κ2) is 6.10. The van der Waals surface area contributed by atoms with Gasteiger partial charge in [-0.05, 0) is 43.1 Å². The third kappa shape index (κ3) is 4.18. The maximum atomic E-state index is 11.8. The second-order valence-corrected chi connectivity index (χ2v) is 6.69. The number of aliphatic hydroxyl groups is 1. The summed E-state index contributed by atoms with van der Waals surface area (Å²) in [6, 6.07) is 0. The Labute approximate surface area is 108 Å². The van der Waals surface area contributed by atoms with E-state index in [-0.39, 0.29) is 5.91 Å². The smallest absolute Gasteiger partial charge is 0.220 e. The van der Waals surface area contributed by atoms with Crippen LogP contribution in [0.5, 0.6) is 0 Å². The van der Waals surface area contributed by atoms with Crippen LogP contribution >= 0.6 is 11.8 Å².